The summed E-state index contributed by atoms with van der Waals surface area (Å²) in [5.74, 6) is 2.36. The Morgan fingerprint density at radius 2 is 1.91 bits per heavy atom. The lowest BCUT2D eigenvalue weighted by Gasteiger charge is -2.25. The summed E-state index contributed by atoms with van der Waals surface area (Å²) in [5.41, 5.74) is 0.762. The first-order chi connectivity index (χ1) is 11.2. The average Bonchev–Trinajstić information content (AvgIpc) is 3.18. The van der Waals surface area contributed by atoms with Gasteiger partial charge in [0.05, 0.1) is 12.2 Å². The van der Waals surface area contributed by atoms with Crippen LogP contribution in [-0.4, -0.2) is 19.7 Å². The first-order valence-corrected chi connectivity index (χ1v) is 9.17. The third-order valence-electron chi connectivity index (χ3n) is 5.80. The summed E-state index contributed by atoms with van der Waals surface area (Å²) < 4.78 is 2.00. The molecule has 5 nitrogen and oxygen atoms in total. The van der Waals surface area contributed by atoms with Crippen molar-refractivity contribution in [3.63, 3.8) is 0 Å². The molecule has 124 valence electrons. The van der Waals surface area contributed by atoms with E-state index in [-0.39, 0.29) is 5.56 Å². The number of fused-ring (bicyclic) bond motifs is 1. The molecule has 5 heteroatoms. The number of nitrogens with zero attached hydrogens (tertiary/aromatic N) is 3. The van der Waals surface area contributed by atoms with Gasteiger partial charge in [-0.25, -0.2) is 9.67 Å². The van der Waals surface area contributed by atoms with E-state index >= 15 is 0 Å². The number of hydrogen-bond acceptors (Lipinski definition) is 3. The van der Waals surface area contributed by atoms with Gasteiger partial charge in [0.2, 0.25) is 0 Å². The minimum Gasteiger partial charge on any atom is -0.310 e. The van der Waals surface area contributed by atoms with Crippen LogP contribution in [0.3, 0.4) is 0 Å². The van der Waals surface area contributed by atoms with Gasteiger partial charge in [0.25, 0.3) is 5.56 Å². The average molecular weight is 314 g/mol. The maximum atomic E-state index is 12.4. The molecule has 0 atom stereocenters. The molecule has 23 heavy (non-hydrogen) atoms. The van der Waals surface area contributed by atoms with E-state index in [9.17, 15) is 4.79 Å². The smallest absolute Gasteiger partial charge is 0.262 e. The van der Waals surface area contributed by atoms with Gasteiger partial charge in [-0.15, -0.1) is 0 Å². The van der Waals surface area contributed by atoms with Crippen molar-refractivity contribution in [2.45, 2.75) is 70.8 Å². The highest BCUT2D eigenvalue weighted by Crippen LogP contribution is 2.32. The van der Waals surface area contributed by atoms with Gasteiger partial charge in [0.1, 0.15) is 11.2 Å². The number of hydrogen-bond donors (Lipinski definition) is 1. The van der Waals surface area contributed by atoms with E-state index in [4.69, 9.17) is 4.98 Å². The summed E-state index contributed by atoms with van der Waals surface area (Å²) in [4.78, 5) is 20.2. The Bertz CT molecular complexity index is 733. The first kappa shape index (κ1) is 14.9. The molecule has 0 spiro atoms. The van der Waals surface area contributed by atoms with E-state index in [1.165, 1.54) is 38.5 Å². The summed E-state index contributed by atoms with van der Waals surface area (Å²) in [5, 5.41) is 5.11. The lowest BCUT2D eigenvalue weighted by atomic mass is 9.81. The molecule has 2 aromatic rings. The predicted molar refractivity (Wildman–Crippen MR) is 90.5 cm³/mol. The van der Waals surface area contributed by atoms with Gasteiger partial charge in [0.15, 0.2) is 5.65 Å². The van der Waals surface area contributed by atoms with Gasteiger partial charge in [-0.1, -0.05) is 32.6 Å². The fourth-order valence-electron chi connectivity index (χ4n) is 4.30. The van der Waals surface area contributed by atoms with Crippen LogP contribution in [0.1, 0.15) is 70.2 Å². The molecule has 2 aliphatic rings. The highest BCUT2D eigenvalue weighted by molar-refractivity contribution is 5.73. The van der Waals surface area contributed by atoms with E-state index in [0.29, 0.717) is 17.3 Å². The molecule has 2 aromatic heterocycles. The molecule has 1 N–H and O–H groups in total. The van der Waals surface area contributed by atoms with Crippen molar-refractivity contribution in [2.24, 2.45) is 11.8 Å². The summed E-state index contributed by atoms with van der Waals surface area (Å²) in [6.07, 6.45) is 12.5. The zero-order valence-corrected chi connectivity index (χ0v) is 13.9. The van der Waals surface area contributed by atoms with Crippen molar-refractivity contribution < 1.29 is 0 Å². The maximum Gasteiger partial charge on any atom is 0.262 e. The van der Waals surface area contributed by atoms with Crippen LogP contribution < -0.4 is 5.56 Å². The monoisotopic (exact) mass is 314 g/mol. The van der Waals surface area contributed by atoms with Crippen molar-refractivity contribution in [1.82, 2.24) is 19.7 Å². The SMILES string of the molecule is CC1CCC(Cc2nc3c(cnn3C3CCCC3)c(=O)[nH]2)CC1. The zero-order chi connectivity index (χ0) is 15.8. The molecule has 0 bridgehead atoms. The Morgan fingerprint density at radius 1 is 1.17 bits per heavy atom. The number of aromatic amines is 1. The Balaban J connectivity index is 1.62. The maximum absolute atomic E-state index is 12.4. The molecule has 0 saturated heterocycles. The van der Waals surface area contributed by atoms with E-state index in [1.54, 1.807) is 6.20 Å². The van der Waals surface area contributed by atoms with Crippen LogP contribution in [0.4, 0.5) is 0 Å². The third kappa shape index (κ3) is 2.93. The Kier molecular flexibility index (Phi) is 3.95. The van der Waals surface area contributed by atoms with Gasteiger partial charge in [-0.3, -0.25) is 4.79 Å². The van der Waals surface area contributed by atoms with Crippen LogP contribution in [0.5, 0.6) is 0 Å². The van der Waals surface area contributed by atoms with Crippen molar-refractivity contribution in [3.8, 4) is 0 Å². The standard InChI is InChI=1S/C18H26N4O/c1-12-6-8-13(9-7-12)10-16-20-17-15(18(23)21-16)11-19-22(17)14-4-2-3-5-14/h11-14H,2-10H2,1H3,(H,20,21,23). The fourth-order valence-corrected chi connectivity index (χ4v) is 4.30. The Hall–Kier alpha value is -1.65. The topological polar surface area (TPSA) is 63.6 Å². The summed E-state index contributed by atoms with van der Waals surface area (Å²) in [6, 6.07) is 0.421. The number of aromatic nitrogens is 4. The molecule has 0 radical (unpaired) electrons. The largest absolute Gasteiger partial charge is 0.310 e. The molecule has 0 unspecified atom stereocenters. The molecule has 4 rings (SSSR count). The molecule has 2 fully saturated rings. The van der Waals surface area contributed by atoms with Crippen molar-refractivity contribution >= 4 is 11.0 Å². The third-order valence-corrected chi connectivity index (χ3v) is 5.80. The van der Waals surface area contributed by atoms with Crippen molar-refractivity contribution in [2.75, 3.05) is 0 Å². The van der Waals surface area contributed by atoms with Gasteiger partial charge in [0, 0.05) is 6.42 Å². The van der Waals surface area contributed by atoms with Gasteiger partial charge < -0.3 is 4.98 Å². The lowest BCUT2D eigenvalue weighted by molar-refractivity contribution is 0.286. The lowest BCUT2D eigenvalue weighted by Crippen LogP contribution is -2.19. The van der Waals surface area contributed by atoms with Crippen LogP contribution in [-0.2, 0) is 6.42 Å². The minimum atomic E-state index is -0.0292. The predicted octanol–water partition coefficient (Wildman–Crippen LogP) is 3.60. The van der Waals surface area contributed by atoms with Crippen LogP contribution in [0.15, 0.2) is 11.0 Å². The van der Waals surface area contributed by atoms with Gasteiger partial charge >= 0.3 is 0 Å². The van der Waals surface area contributed by atoms with E-state index < -0.39 is 0 Å². The zero-order valence-electron chi connectivity index (χ0n) is 13.9. The number of rotatable bonds is 3. The fraction of sp³-hybridized carbons (Fsp3) is 0.722. The number of H-pyrrole nitrogens is 1. The van der Waals surface area contributed by atoms with Crippen molar-refractivity contribution in [1.29, 1.82) is 0 Å². The molecular formula is C18H26N4O. The highest BCUT2D eigenvalue weighted by Gasteiger charge is 2.23. The molecule has 0 amide bonds. The van der Waals surface area contributed by atoms with Crippen LogP contribution >= 0.6 is 0 Å². The molecule has 2 aliphatic carbocycles. The molecule has 0 aromatic carbocycles. The molecular weight excluding hydrogens is 288 g/mol. The quantitative estimate of drug-likeness (QED) is 0.941. The van der Waals surface area contributed by atoms with Crippen molar-refractivity contribution in [3.05, 3.63) is 22.4 Å². The number of nitrogens with one attached hydrogen (secondary N) is 1. The van der Waals surface area contributed by atoms with E-state index in [0.717, 1.165) is 36.7 Å². The van der Waals surface area contributed by atoms with E-state index in [2.05, 4.69) is 17.0 Å². The molecule has 2 saturated carbocycles. The van der Waals surface area contributed by atoms with Crippen LogP contribution in [0.25, 0.3) is 11.0 Å². The Morgan fingerprint density at radius 3 is 2.65 bits per heavy atom. The van der Waals surface area contributed by atoms with Gasteiger partial charge in [-0.2, -0.15) is 5.10 Å². The second kappa shape index (κ2) is 6.10. The second-order valence-corrected chi connectivity index (χ2v) is 7.61. The summed E-state index contributed by atoms with van der Waals surface area (Å²) >= 11 is 0. The first-order valence-electron chi connectivity index (χ1n) is 9.17. The van der Waals surface area contributed by atoms with Crippen LogP contribution in [0.2, 0.25) is 0 Å². The highest BCUT2D eigenvalue weighted by atomic mass is 16.1. The van der Waals surface area contributed by atoms with E-state index in [1.807, 2.05) is 4.68 Å². The minimum absolute atomic E-state index is 0.0292. The van der Waals surface area contributed by atoms with Crippen LogP contribution in [0, 0.1) is 11.8 Å². The summed E-state index contributed by atoms with van der Waals surface area (Å²) in [7, 11) is 0. The normalized spacial score (nSPS) is 26.1. The Labute approximate surface area is 136 Å². The second-order valence-electron chi connectivity index (χ2n) is 7.61. The van der Waals surface area contributed by atoms with Gasteiger partial charge in [-0.05, 0) is 37.5 Å². The summed E-state index contributed by atoms with van der Waals surface area (Å²) in [6.45, 7) is 2.34. The molecule has 2 heterocycles. The molecule has 0 aliphatic heterocycles.